The van der Waals surface area contributed by atoms with Crippen LogP contribution in [0.25, 0.3) is 0 Å². The van der Waals surface area contributed by atoms with Crippen LogP contribution in [0.3, 0.4) is 0 Å². The van der Waals surface area contributed by atoms with E-state index in [9.17, 15) is 8.78 Å². The molecule has 2 nitrogen and oxygen atoms in total. The van der Waals surface area contributed by atoms with Gasteiger partial charge in [-0.25, -0.2) is 8.78 Å². The summed E-state index contributed by atoms with van der Waals surface area (Å²) < 4.78 is 28.9. The Kier molecular flexibility index (Phi) is 4.52. The molecule has 0 fully saturated rings. The molecule has 11 heavy (non-hydrogen) atoms. The molecule has 0 rings (SSSR count). The highest BCUT2D eigenvalue weighted by molar-refractivity contribution is 4.77. The van der Waals surface area contributed by atoms with Crippen molar-refractivity contribution >= 4 is 0 Å². The molecular formula is C7H15F2NO. The second-order valence-electron chi connectivity index (χ2n) is 2.86. The van der Waals surface area contributed by atoms with Gasteiger partial charge in [-0.05, 0) is 5.92 Å². The van der Waals surface area contributed by atoms with E-state index in [4.69, 9.17) is 10.5 Å². The molecule has 0 radical (unpaired) electrons. The average molecular weight is 167 g/mol. The average Bonchev–Trinajstić information content (AvgIpc) is 1.88. The molecular weight excluding hydrogens is 152 g/mol. The van der Waals surface area contributed by atoms with Crippen LogP contribution in [0.4, 0.5) is 8.78 Å². The summed E-state index contributed by atoms with van der Waals surface area (Å²) in [7, 11) is 1.40. The van der Waals surface area contributed by atoms with Gasteiger partial charge < -0.3 is 10.5 Å². The quantitative estimate of drug-likeness (QED) is 0.684. The first kappa shape index (κ1) is 10.8. The minimum Gasteiger partial charge on any atom is -0.379 e. The molecule has 0 spiro atoms. The van der Waals surface area contributed by atoms with Crippen LogP contribution in [0, 0.1) is 5.92 Å². The molecule has 0 aliphatic rings. The summed E-state index contributed by atoms with van der Waals surface area (Å²) in [6.45, 7) is 3.60. The predicted molar refractivity (Wildman–Crippen MR) is 39.6 cm³/mol. The fourth-order valence-corrected chi connectivity index (χ4v) is 1.02. The van der Waals surface area contributed by atoms with E-state index in [2.05, 4.69) is 0 Å². The molecule has 0 aromatic rings. The lowest BCUT2D eigenvalue weighted by Gasteiger charge is -2.24. The zero-order valence-corrected chi connectivity index (χ0v) is 7.05. The van der Waals surface area contributed by atoms with Crippen LogP contribution in [-0.2, 0) is 4.74 Å². The molecule has 0 saturated carbocycles. The van der Waals surface area contributed by atoms with Gasteiger partial charge in [0.15, 0.2) is 0 Å². The van der Waals surface area contributed by atoms with E-state index >= 15 is 0 Å². The van der Waals surface area contributed by atoms with Crippen molar-refractivity contribution in [2.75, 3.05) is 7.11 Å². The van der Waals surface area contributed by atoms with Crippen LogP contribution < -0.4 is 5.73 Å². The van der Waals surface area contributed by atoms with Crippen molar-refractivity contribution in [3.8, 4) is 0 Å². The smallest absolute Gasteiger partial charge is 0.256 e. The number of nitrogens with two attached hydrogens (primary N) is 1. The lowest BCUT2D eigenvalue weighted by molar-refractivity contribution is -0.0138. The zero-order chi connectivity index (χ0) is 9.02. The summed E-state index contributed by atoms with van der Waals surface area (Å²) in [6.07, 6.45) is -3.07. The van der Waals surface area contributed by atoms with E-state index < -0.39 is 18.6 Å². The Morgan fingerprint density at radius 2 is 1.73 bits per heavy atom. The molecule has 0 aliphatic heterocycles. The van der Waals surface area contributed by atoms with Crippen molar-refractivity contribution in [1.82, 2.24) is 0 Å². The molecule has 0 amide bonds. The van der Waals surface area contributed by atoms with Gasteiger partial charge in [-0.15, -0.1) is 0 Å². The van der Waals surface area contributed by atoms with E-state index in [-0.39, 0.29) is 5.92 Å². The van der Waals surface area contributed by atoms with Gasteiger partial charge in [0.25, 0.3) is 6.43 Å². The Morgan fingerprint density at radius 1 is 1.27 bits per heavy atom. The molecule has 0 aromatic carbocycles. The fraction of sp³-hybridized carbons (Fsp3) is 1.00. The number of hydrogen-bond acceptors (Lipinski definition) is 2. The van der Waals surface area contributed by atoms with Gasteiger partial charge in [0.1, 0.15) is 0 Å². The number of hydrogen-bond donors (Lipinski definition) is 1. The lowest BCUT2D eigenvalue weighted by atomic mass is 10.0. The first-order valence-corrected chi connectivity index (χ1v) is 3.57. The van der Waals surface area contributed by atoms with Gasteiger partial charge >= 0.3 is 0 Å². The molecule has 0 bridgehead atoms. The first-order chi connectivity index (χ1) is 5.00. The molecule has 0 aromatic heterocycles. The highest BCUT2D eigenvalue weighted by Gasteiger charge is 2.28. The molecule has 2 atom stereocenters. The Hall–Kier alpha value is -0.220. The first-order valence-electron chi connectivity index (χ1n) is 3.57. The predicted octanol–water partition coefficient (Wildman–Crippen LogP) is 1.25. The monoisotopic (exact) mass is 167 g/mol. The van der Waals surface area contributed by atoms with Gasteiger partial charge in [-0.2, -0.15) is 0 Å². The Morgan fingerprint density at radius 3 is 1.82 bits per heavy atom. The van der Waals surface area contributed by atoms with Crippen LogP contribution in [0.2, 0.25) is 0 Å². The van der Waals surface area contributed by atoms with Crippen molar-refractivity contribution in [1.29, 1.82) is 0 Å². The maximum absolute atomic E-state index is 12.0. The summed E-state index contributed by atoms with van der Waals surface area (Å²) in [5, 5.41) is 0. The molecule has 2 unspecified atom stereocenters. The third-order valence-electron chi connectivity index (χ3n) is 1.60. The van der Waals surface area contributed by atoms with Gasteiger partial charge in [0.2, 0.25) is 0 Å². The van der Waals surface area contributed by atoms with Gasteiger partial charge in [0, 0.05) is 7.11 Å². The van der Waals surface area contributed by atoms with E-state index in [1.54, 1.807) is 13.8 Å². The van der Waals surface area contributed by atoms with E-state index in [1.807, 2.05) is 0 Å². The largest absolute Gasteiger partial charge is 0.379 e. The van der Waals surface area contributed by atoms with Crippen molar-refractivity contribution in [3.63, 3.8) is 0 Å². The van der Waals surface area contributed by atoms with E-state index in [1.165, 1.54) is 7.11 Å². The van der Waals surface area contributed by atoms with Crippen LogP contribution in [-0.4, -0.2) is 25.7 Å². The van der Waals surface area contributed by atoms with Crippen molar-refractivity contribution in [2.24, 2.45) is 11.7 Å². The van der Waals surface area contributed by atoms with E-state index in [0.717, 1.165) is 0 Å². The highest BCUT2D eigenvalue weighted by atomic mass is 19.3. The van der Waals surface area contributed by atoms with Gasteiger partial charge in [-0.1, -0.05) is 13.8 Å². The standard InChI is InChI=1S/C7H15F2NO/c1-4(2)6(11-3)5(10)7(8)9/h4-7H,10H2,1-3H3. The SMILES string of the molecule is COC(C(C)C)C(N)C(F)F. The van der Waals surface area contributed by atoms with Crippen molar-refractivity contribution in [3.05, 3.63) is 0 Å². The Balaban J connectivity index is 4.02. The molecule has 68 valence electrons. The van der Waals surface area contributed by atoms with Crippen LogP contribution in [0.1, 0.15) is 13.8 Å². The second-order valence-corrected chi connectivity index (χ2v) is 2.86. The topological polar surface area (TPSA) is 35.2 Å². The molecule has 4 heteroatoms. The molecule has 2 N–H and O–H groups in total. The fourth-order valence-electron chi connectivity index (χ4n) is 1.02. The lowest BCUT2D eigenvalue weighted by Crippen LogP contribution is -2.44. The van der Waals surface area contributed by atoms with Crippen LogP contribution in [0.15, 0.2) is 0 Å². The Labute approximate surface area is 65.7 Å². The summed E-state index contributed by atoms with van der Waals surface area (Å²) in [5.41, 5.74) is 5.20. The zero-order valence-electron chi connectivity index (χ0n) is 7.05. The summed E-state index contributed by atoms with van der Waals surface area (Å²) >= 11 is 0. The minimum absolute atomic E-state index is 0.0176. The third-order valence-corrected chi connectivity index (χ3v) is 1.60. The number of methoxy groups -OCH3 is 1. The highest BCUT2D eigenvalue weighted by Crippen LogP contribution is 2.13. The summed E-state index contributed by atoms with van der Waals surface area (Å²) in [6, 6.07) is -1.18. The third kappa shape index (κ3) is 3.12. The Bertz CT molecular complexity index is 109. The second kappa shape index (κ2) is 4.62. The summed E-state index contributed by atoms with van der Waals surface area (Å²) in [5.74, 6) is 0.0176. The van der Waals surface area contributed by atoms with Crippen LogP contribution in [0.5, 0.6) is 0 Å². The number of ether oxygens (including phenoxy) is 1. The van der Waals surface area contributed by atoms with Crippen molar-refractivity contribution < 1.29 is 13.5 Å². The molecule has 0 saturated heterocycles. The number of halogens is 2. The summed E-state index contributed by atoms with van der Waals surface area (Å²) in [4.78, 5) is 0. The molecule has 0 heterocycles. The van der Waals surface area contributed by atoms with Crippen LogP contribution >= 0.6 is 0 Å². The van der Waals surface area contributed by atoms with Gasteiger partial charge in [-0.3, -0.25) is 0 Å². The van der Waals surface area contributed by atoms with E-state index in [0.29, 0.717) is 0 Å². The van der Waals surface area contributed by atoms with Gasteiger partial charge in [0.05, 0.1) is 12.1 Å². The minimum atomic E-state index is -2.51. The maximum Gasteiger partial charge on any atom is 0.256 e. The molecule has 0 aliphatic carbocycles. The normalized spacial score (nSPS) is 17.5. The van der Waals surface area contributed by atoms with Crippen molar-refractivity contribution in [2.45, 2.75) is 32.4 Å². The number of alkyl halides is 2. The maximum atomic E-state index is 12.0. The number of rotatable bonds is 4.